The summed E-state index contributed by atoms with van der Waals surface area (Å²) in [5.41, 5.74) is 2.04. The average molecular weight is 245 g/mol. The normalized spacial score (nSPS) is 16.5. The van der Waals surface area contributed by atoms with Gasteiger partial charge in [0.2, 0.25) is 0 Å². The lowest BCUT2D eigenvalue weighted by Crippen LogP contribution is -2.01. The van der Waals surface area contributed by atoms with Gasteiger partial charge in [-0.15, -0.1) is 0 Å². The maximum absolute atomic E-state index is 9.05. The van der Waals surface area contributed by atoms with Gasteiger partial charge >= 0.3 is 0 Å². The maximum Gasteiger partial charge on any atom is 0.102 e. The highest BCUT2D eigenvalue weighted by molar-refractivity contribution is 9.10. The molecule has 72 valence electrons. The summed E-state index contributed by atoms with van der Waals surface area (Å²) in [6.07, 6.45) is 2.52. The molecule has 1 aliphatic carbocycles. The molecule has 1 aliphatic rings. The first kappa shape index (κ1) is 9.21. The van der Waals surface area contributed by atoms with E-state index in [4.69, 9.17) is 5.11 Å². The molecule has 1 N–H and O–H groups in total. The standard InChI is InChI=1S/C9H13BrN2O/c1-2-12-9(6-3-4-6)8(10)7(5-13)11-12/h6,13H,2-5H2,1H3. The van der Waals surface area contributed by atoms with Crippen molar-refractivity contribution in [2.45, 2.75) is 38.8 Å². The van der Waals surface area contributed by atoms with Crippen molar-refractivity contribution < 1.29 is 5.11 Å². The largest absolute Gasteiger partial charge is 0.390 e. The highest BCUT2D eigenvalue weighted by Gasteiger charge is 2.30. The molecule has 3 nitrogen and oxygen atoms in total. The first-order valence-corrected chi connectivity index (χ1v) is 5.43. The Bertz CT molecular complexity index is 318. The van der Waals surface area contributed by atoms with Gasteiger partial charge in [0, 0.05) is 12.5 Å². The smallest absolute Gasteiger partial charge is 0.102 e. The van der Waals surface area contributed by atoms with E-state index in [0.29, 0.717) is 5.92 Å². The number of aliphatic hydroxyl groups excluding tert-OH is 1. The first-order chi connectivity index (χ1) is 6.27. The van der Waals surface area contributed by atoms with Gasteiger partial charge in [-0.05, 0) is 35.7 Å². The molecule has 1 aromatic rings. The number of aromatic nitrogens is 2. The van der Waals surface area contributed by atoms with Crippen LogP contribution in [-0.4, -0.2) is 14.9 Å². The van der Waals surface area contributed by atoms with Gasteiger partial charge in [-0.1, -0.05) is 0 Å². The predicted octanol–water partition coefficient (Wildman–Crippen LogP) is 2.04. The summed E-state index contributed by atoms with van der Waals surface area (Å²) < 4.78 is 3.01. The molecule has 13 heavy (non-hydrogen) atoms. The minimum atomic E-state index is 0.0211. The van der Waals surface area contributed by atoms with Crippen LogP contribution in [0, 0.1) is 0 Å². The van der Waals surface area contributed by atoms with Crippen LogP contribution in [0.2, 0.25) is 0 Å². The number of hydrogen-bond acceptors (Lipinski definition) is 2. The molecule has 0 radical (unpaired) electrons. The van der Waals surface area contributed by atoms with E-state index in [-0.39, 0.29) is 6.61 Å². The van der Waals surface area contributed by atoms with Crippen molar-refractivity contribution in [1.82, 2.24) is 9.78 Å². The zero-order chi connectivity index (χ0) is 9.42. The van der Waals surface area contributed by atoms with Gasteiger partial charge in [0.25, 0.3) is 0 Å². The van der Waals surface area contributed by atoms with E-state index in [2.05, 4.69) is 28.0 Å². The molecular weight excluding hydrogens is 232 g/mol. The Morgan fingerprint density at radius 1 is 1.62 bits per heavy atom. The SMILES string of the molecule is CCn1nc(CO)c(Br)c1C1CC1. The average Bonchev–Trinajstić information content (AvgIpc) is 2.91. The van der Waals surface area contributed by atoms with E-state index in [0.717, 1.165) is 16.7 Å². The van der Waals surface area contributed by atoms with Gasteiger partial charge in [0.15, 0.2) is 0 Å². The topological polar surface area (TPSA) is 38.0 Å². The number of halogens is 1. The number of nitrogens with zero attached hydrogens (tertiary/aromatic N) is 2. The van der Waals surface area contributed by atoms with Gasteiger partial charge in [-0.25, -0.2) is 0 Å². The van der Waals surface area contributed by atoms with E-state index < -0.39 is 0 Å². The molecule has 0 unspecified atom stereocenters. The predicted molar refractivity (Wildman–Crippen MR) is 53.5 cm³/mol. The van der Waals surface area contributed by atoms with Crippen molar-refractivity contribution in [2.75, 3.05) is 0 Å². The van der Waals surface area contributed by atoms with Gasteiger partial charge in [-0.3, -0.25) is 4.68 Å². The van der Waals surface area contributed by atoms with Crippen LogP contribution in [-0.2, 0) is 13.2 Å². The highest BCUT2D eigenvalue weighted by Crippen LogP contribution is 2.44. The molecule has 0 saturated heterocycles. The van der Waals surface area contributed by atoms with E-state index >= 15 is 0 Å². The molecule has 0 aliphatic heterocycles. The molecule has 0 bridgehead atoms. The van der Waals surface area contributed by atoms with Crippen molar-refractivity contribution in [1.29, 1.82) is 0 Å². The van der Waals surface area contributed by atoms with Crippen LogP contribution < -0.4 is 0 Å². The fraction of sp³-hybridized carbons (Fsp3) is 0.667. The van der Waals surface area contributed by atoms with Crippen LogP contribution in [0.15, 0.2) is 4.47 Å². The highest BCUT2D eigenvalue weighted by atomic mass is 79.9. The maximum atomic E-state index is 9.05. The Labute approximate surface area is 85.9 Å². The molecule has 2 rings (SSSR count). The van der Waals surface area contributed by atoms with E-state index in [9.17, 15) is 0 Å². The second kappa shape index (κ2) is 3.42. The molecule has 0 aromatic carbocycles. The minimum absolute atomic E-state index is 0.0211. The summed E-state index contributed by atoms with van der Waals surface area (Å²) in [4.78, 5) is 0. The number of aliphatic hydroxyl groups is 1. The summed E-state index contributed by atoms with van der Waals surface area (Å²) in [5, 5.41) is 13.4. The van der Waals surface area contributed by atoms with Crippen LogP contribution in [0.5, 0.6) is 0 Å². The fourth-order valence-electron chi connectivity index (χ4n) is 1.59. The lowest BCUT2D eigenvalue weighted by atomic mass is 10.2. The second-order valence-corrected chi connectivity index (χ2v) is 4.19. The van der Waals surface area contributed by atoms with E-state index in [1.807, 2.05) is 4.68 Å². The lowest BCUT2D eigenvalue weighted by molar-refractivity contribution is 0.274. The number of aryl methyl sites for hydroxylation is 1. The molecule has 1 aromatic heterocycles. The molecule has 0 amide bonds. The molecule has 1 fully saturated rings. The second-order valence-electron chi connectivity index (χ2n) is 3.39. The quantitative estimate of drug-likeness (QED) is 0.884. The zero-order valence-corrected chi connectivity index (χ0v) is 9.21. The van der Waals surface area contributed by atoms with Crippen LogP contribution in [0.1, 0.15) is 37.1 Å². The van der Waals surface area contributed by atoms with Gasteiger partial charge < -0.3 is 5.11 Å². The lowest BCUT2D eigenvalue weighted by Gasteiger charge is -2.01. The van der Waals surface area contributed by atoms with E-state index in [1.54, 1.807) is 0 Å². The van der Waals surface area contributed by atoms with Gasteiger partial charge in [0.1, 0.15) is 5.69 Å². The monoisotopic (exact) mass is 244 g/mol. The third-order valence-electron chi connectivity index (χ3n) is 2.41. The van der Waals surface area contributed by atoms with Crippen LogP contribution in [0.4, 0.5) is 0 Å². The molecular formula is C9H13BrN2O. The van der Waals surface area contributed by atoms with Crippen LogP contribution >= 0.6 is 15.9 Å². The van der Waals surface area contributed by atoms with Crippen molar-refractivity contribution in [3.05, 3.63) is 15.9 Å². The Kier molecular flexibility index (Phi) is 2.43. The first-order valence-electron chi connectivity index (χ1n) is 4.63. The summed E-state index contributed by atoms with van der Waals surface area (Å²) in [7, 11) is 0. The van der Waals surface area contributed by atoms with Crippen molar-refractivity contribution >= 4 is 15.9 Å². The van der Waals surface area contributed by atoms with Crippen LogP contribution in [0.25, 0.3) is 0 Å². The molecule has 0 atom stereocenters. The third kappa shape index (κ3) is 1.53. The molecule has 1 heterocycles. The van der Waals surface area contributed by atoms with Crippen molar-refractivity contribution in [2.24, 2.45) is 0 Å². The number of hydrogen-bond donors (Lipinski definition) is 1. The Morgan fingerprint density at radius 2 is 2.31 bits per heavy atom. The summed E-state index contributed by atoms with van der Waals surface area (Å²) >= 11 is 3.50. The molecule has 0 spiro atoms. The molecule has 1 saturated carbocycles. The summed E-state index contributed by atoms with van der Waals surface area (Å²) in [5.74, 6) is 0.669. The van der Waals surface area contributed by atoms with E-state index in [1.165, 1.54) is 18.5 Å². The van der Waals surface area contributed by atoms with Crippen LogP contribution in [0.3, 0.4) is 0 Å². The molecule has 4 heteroatoms. The Balaban J connectivity index is 2.43. The summed E-state index contributed by atoms with van der Waals surface area (Å²) in [6, 6.07) is 0. The van der Waals surface area contributed by atoms with Gasteiger partial charge in [-0.2, -0.15) is 5.10 Å². The van der Waals surface area contributed by atoms with Crippen molar-refractivity contribution in [3.8, 4) is 0 Å². The van der Waals surface area contributed by atoms with Crippen molar-refractivity contribution in [3.63, 3.8) is 0 Å². The Morgan fingerprint density at radius 3 is 2.77 bits per heavy atom. The third-order valence-corrected chi connectivity index (χ3v) is 3.28. The minimum Gasteiger partial charge on any atom is -0.390 e. The summed E-state index contributed by atoms with van der Waals surface area (Å²) in [6.45, 7) is 2.98. The Hall–Kier alpha value is -0.350. The van der Waals surface area contributed by atoms with Gasteiger partial charge in [0.05, 0.1) is 16.8 Å². The fourth-order valence-corrected chi connectivity index (χ4v) is 2.33. The number of rotatable bonds is 3. The zero-order valence-electron chi connectivity index (χ0n) is 7.63.